The second kappa shape index (κ2) is 12.3. The number of nitrogens with one attached hydrogen (secondary N) is 2. The summed E-state index contributed by atoms with van der Waals surface area (Å²) in [4.78, 5) is 30.9. The van der Waals surface area contributed by atoms with E-state index in [4.69, 9.17) is 9.47 Å². The Bertz CT molecular complexity index is 462. The van der Waals surface area contributed by atoms with Gasteiger partial charge in [0.15, 0.2) is 5.96 Å². The van der Waals surface area contributed by atoms with Gasteiger partial charge in [0.05, 0.1) is 7.11 Å². The highest BCUT2D eigenvalue weighted by Crippen LogP contribution is 2.11. The highest BCUT2D eigenvalue weighted by molar-refractivity contribution is 5.85. The number of amides is 2. The number of methoxy groups -OCH3 is 1. The third-order valence-electron chi connectivity index (χ3n) is 4.10. The van der Waals surface area contributed by atoms with Crippen LogP contribution in [0, 0.1) is 0 Å². The van der Waals surface area contributed by atoms with Crippen molar-refractivity contribution in [3.05, 3.63) is 0 Å². The fourth-order valence-corrected chi connectivity index (χ4v) is 2.49. The van der Waals surface area contributed by atoms with Gasteiger partial charge in [0.25, 0.3) is 0 Å². The third kappa shape index (κ3) is 8.37. The first kappa shape index (κ1) is 22.0. The van der Waals surface area contributed by atoms with Gasteiger partial charge in [-0.15, -0.1) is 0 Å². The molecule has 0 saturated carbocycles. The number of guanidine groups is 1. The van der Waals surface area contributed by atoms with E-state index in [1.807, 2.05) is 6.92 Å². The normalized spacial score (nSPS) is 15.5. The van der Waals surface area contributed by atoms with E-state index < -0.39 is 0 Å². The first-order chi connectivity index (χ1) is 12.5. The maximum absolute atomic E-state index is 11.8. The number of carbonyl (C=O) groups is 2. The fourth-order valence-electron chi connectivity index (χ4n) is 2.49. The van der Waals surface area contributed by atoms with E-state index in [0.29, 0.717) is 38.8 Å². The number of likely N-dealkylation sites (N-methyl/N-ethyl adjacent to an activating group) is 1. The van der Waals surface area contributed by atoms with Crippen LogP contribution in [0.4, 0.5) is 4.79 Å². The fraction of sp³-hybridized carbons (Fsp3) is 0.824. The Morgan fingerprint density at radius 3 is 2.54 bits per heavy atom. The minimum Gasteiger partial charge on any atom is -0.453 e. The summed E-state index contributed by atoms with van der Waals surface area (Å²) in [6.45, 7) is 5.44. The first-order valence-corrected chi connectivity index (χ1v) is 9.13. The van der Waals surface area contributed by atoms with Gasteiger partial charge < -0.3 is 29.9 Å². The maximum atomic E-state index is 11.8. The molecule has 0 aromatic heterocycles. The van der Waals surface area contributed by atoms with Gasteiger partial charge in [-0.3, -0.25) is 4.79 Å². The van der Waals surface area contributed by atoms with Crippen molar-refractivity contribution in [3.8, 4) is 0 Å². The molecule has 2 N–H and O–H groups in total. The zero-order valence-corrected chi connectivity index (χ0v) is 16.4. The standard InChI is InChI=1S/C17H33N5O4/c1-5-26-12-6-9-18-16(19-13-15(23)21(2)3)20-14-7-10-22(11-8-14)17(24)25-4/h14H,5-13H2,1-4H3,(H2,18,19,20). The molecule has 1 aliphatic heterocycles. The van der Waals surface area contributed by atoms with Gasteiger partial charge in [-0.2, -0.15) is 0 Å². The highest BCUT2D eigenvalue weighted by Gasteiger charge is 2.23. The largest absolute Gasteiger partial charge is 0.453 e. The monoisotopic (exact) mass is 371 g/mol. The van der Waals surface area contributed by atoms with Gasteiger partial charge in [0, 0.05) is 53.0 Å². The predicted octanol–water partition coefficient (Wildman–Crippen LogP) is 0.267. The zero-order valence-electron chi connectivity index (χ0n) is 16.4. The lowest BCUT2D eigenvalue weighted by atomic mass is 10.1. The Morgan fingerprint density at radius 2 is 1.96 bits per heavy atom. The van der Waals surface area contributed by atoms with Crippen LogP contribution in [-0.4, -0.2) is 94.4 Å². The van der Waals surface area contributed by atoms with Gasteiger partial charge >= 0.3 is 6.09 Å². The van der Waals surface area contributed by atoms with Crippen molar-refractivity contribution in [2.45, 2.75) is 32.2 Å². The number of rotatable bonds is 8. The number of aliphatic imine (C=N–C) groups is 1. The van der Waals surface area contributed by atoms with Crippen LogP contribution in [0.25, 0.3) is 0 Å². The van der Waals surface area contributed by atoms with Crippen LogP contribution in [0.5, 0.6) is 0 Å². The number of hydrogen-bond donors (Lipinski definition) is 2. The van der Waals surface area contributed by atoms with Crippen molar-refractivity contribution in [2.75, 3.05) is 60.6 Å². The number of likely N-dealkylation sites (tertiary alicyclic amines) is 1. The Kier molecular flexibility index (Phi) is 10.5. The molecule has 1 fully saturated rings. The van der Waals surface area contributed by atoms with Crippen LogP contribution in [0.2, 0.25) is 0 Å². The van der Waals surface area contributed by atoms with Crippen molar-refractivity contribution in [2.24, 2.45) is 4.99 Å². The molecule has 26 heavy (non-hydrogen) atoms. The average molecular weight is 371 g/mol. The van der Waals surface area contributed by atoms with Gasteiger partial charge in [0.1, 0.15) is 6.54 Å². The van der Waals surface area contributed by atoms with Crippen molar-refractivity contribution >= 4 is 18.0 Å². The molecule has 0 aromatic rings. The van der Waals surface area contributed by atoms with E-state index in [-0.39, 0.29) is 24.6 Å². The number of nitrogens with zero attached hydrogens (tertiary/aromatic N) is 3. The lowest BCUT2D eigenvalue weighted by Crippen LogP contribution is -2.50. The average Bonchev–Trinajstić information content (AvgIpc) is 2.65. The molecule has 2 amide bonds. The molecule has 0 spiro atoms. The van der Waals surface area contributed by atoms with Crippen LogP contribution in [-0.2, 0) is 14.3 Å². The lowest BCUT2D eigenvalue weighted by molar-refractivity contribution is -0.127. The Labute approximate surface area is 156 Å². The topological polar surface area (TPSA) is 95.5 Å². The molecule has 9 heteroatoms. The number of hydrogen-bond acceptors (Lipinski definition) is 5. The maximum Gasteiger partial charge on any atom is 0.409 e. The van der Waals surface area contributed by atoms with E-state index >= 15 is 0 Å². The molecule has 1 heterocycles. The zero-order chi connectivity index (χ0) is 19.4. The Balaban J connectivity index is 2.51. The summed E-state index contributed by atoms with van der Waals surface area (Å²) in [5, 5.41) is 6.62. The second-order valence-corrected chi connectivity index (χ2v) is 6.31. The third-order valence-corrected chi connectivity index (χ3v) is 4.10. The van der Waals surface area contributed by atoms with Crippen LogP contribution in [0.1, 0.15) is 26.2 Å². The van der Waals surface area contributed by atoms with E-state index in [1.54, 1.807) is 19.0 Å². The molecule has 9 nitrogen and oxygen atoms in total. The van der Waals surface area contributed by atoms with Gasteiger partial charge in [-0.1, -0.05) is 0 Å². The first-order valence-electron chi connectivity index (χ1n) is 9.13. The van der Waals surface area contributed by atoms with Crippen molar-refractivity contribution < 1.29 is 19.1 Å². The summed E-state index contributed by atoms with van der Waals surface area (Å²) in [5.41, 5.74) is 0. The lowest BCUT2D eigenvalue weighted by Gasteiger charge is -2.32. The van der Waals surface area contributed by atoms with Crippen LogP contribution >= 0.6 is 0 Å². The number of ether oxygens (including phenoxy) is 2. The molecule has 0 aliphatic carbocycles. The van der Waals surface area contributed by atoms with Crippen molar-refractivity contribution in [3.63, 3.8) is 0 Å². The smallest absolute Gasteiger partial charge is 0.409 e. The van der Waals surface area contributed by atoms with Crippen LogP contribution in [0.3, 0.4) is 0 Å². The van der Waals surface area contributed by atoms with E-state index in [1.165, 1.54) is 12.0 Å². The molecule has 0 unspecified atom stereocenters. The van der Waals surface area contributed by atoms with E-state index in [2.05, 4.69) is 15.6 Å². The molecule has 0 aromatic carbocycles. The minimum absolute atomic E-state index is 0.0547. The van der Waals surface area contributed by atoms with Crippen LogP contribution < -0.4 is 10.6 Å². The summed E-state index contributed by atoms with van der Waals surface area (Å²) in [7, 11) is 4.82. The van der Waals surface area contributed by atoms with Crippen LogP contribution in [0.15, 0.2) is 4.99 Å². The highest BCUT2D eigenvalue weighted by atomic mass is 16.5. The van der Waals surface area contributed by atoms with E-state index in [0.717, 1.165) is 19.3 Å². The quantitative estimate of drug-likeness (QED) is 0.361. The van der Waals surface area contributed by atoms with Gasteiger partial charge in [-0.05, 0) is 26.2 Å². The van der Waals surface area contributed by atoms with Crippen molar-refractivity contribution in [1.29, 1.82) is 0 Å². The second-order valence-electron chi connectivity index (χ2n) is 6.31. The van der Waals surface area contributed by atoms with Gasteiger partial charge in [0.2, 0.25) is 5.91 Å². The minimum atomic E-state index is -0.289. The predicted molar refractivity (Wildman–Crippen MR) is 100 cm³/mol. The molecule has 0 radical (unpaired) electrons. The Hall–Kier alpha value is -2.03. The Morgan fingerprint density at radius 1 is 1.27 bits per heavy atom. The summed E-state index contributed by atoms with van der Waals surface area (Å²) >= 11 is 0. The summed E-state index contributed by atoms with van der Waals surface area (Å²) in [5.74, 6) is 0.564. The van der Waals surface area contributed by atoms with Gasteiger partial charge in [-0.25, -0.2) is 9.79 Å². The molecule has 1 aliphatic rings. The molecule has 0 bridgehead atoms. The number of piperidine rings is 1. The molecule has 150 valence electrons. The molecular formula is C17H33N5O4. The molecule has 0 atom stereocenters. The summed E-state index contributed by atoms with van der Waals surface area (Å²) in [6, 6.07) is 0.198. The molecular weight excluding hydrogens is 338 g/mol. The van der Waals surface area contributed by atoms with E-state index in [9.17, 15) is 9.59 Å². The summed E-state index contributed by atoms with van der Waals surface area (Å²) < 4.78 is 10.1. The summed E-state index contributed by atoms with van der Waals surface area (Å²) in [6.07, 6.45) is 2.17. The molecule has 1 rings (SSSR count). The number of carbonyl (C=O) groups excluding carboxylic acids is 2. The molecule has 1 saturated heterocycles. The SMILES string of the molecule is CCOCCCNC(=NCC(=O)N(C)C)NC1CCN(C(=O)OC)CC1. The van der Waals surface area contributed by atoms with Crippen molar-refractivity contribution in [1.82, 2.24) is 20.4 Å².